The molecule has 1 atom stereocenters. The molecule has 2 aliphatic rings. The summed E-state index contributed by atoms with van der Waals surface area (Å²) in [6.07, 6.45) is 24.6. The number of aliphatic hydroxyl groups is 1. The van der Waals surface area contributed by atoms with Crippen molar-refractivity contribution in [1.82, 2.24) is 0 Å². The van der Waals surface area contributed by atoms with Crippen molar-refractivity contribution >= 4 is 0 Å². The summed E-state index contributed by atoms with van der Waals surface area (Å²) in [5.74, 6) is 0. The van der Waals surface area contributed by atoms with Crippen LogP contribution in [0.5, 0.6) is 0 Å². The minimum absolute atomic E-state index is 0.0402. The van der Waals surface area contributed by atoms with Crippen LogP contribution in [-0.2, 0) is 12.8 Å². The van der Waals surface area contributed by atoms with Crippen LogP contribution in [0, 0.1) is 0 Å². The fourth-order valence-electron chi connectivity index (χ4n) is 4.38. The summed E-state index contributed by atoms with van der Waals surface area (Å²) in [6.45, 7) is 0. The highest BCUT2D eigenvalue weighted by molar-refractivity contribution is 5.22. The number of fused-ring (bicyclic) bond motifs is 21. The van der Waals surface area contributed by atoms with E-state index in [2.05, 4.69) is 24.3 Å². The fraction of sp³-hybridized carbons (Fsp3) is 0.769. The van der Waals surface area contributed by atoms with Gasteiger partial charge in [-0.1, -0.05) is 108 Å². The largest absolute Gasteiger partial charge is 0.393 e. The second-order valence-electron chi connectivity index (χ2n) is 8.85. The minimum atomic E-state index is -0.0402. The van der Waals surface area contributed by atoms with Crippen LogP contribution in [0.25, 0.3) is 0 Å². The van der Waals surface area contributed by atoms with E-state index in [0.717, 1.165) is 12.8 Å². The predicted molar refractivity (Wildman–Crippen MR) is 118 cm³/mol. The second-order valence-corrected chi connectivity index (χ2v) is 8.85. The van der Waals surface area contributed by atoms with Gasteiger partial charge in [-0.25, -0.2) is 0 Å². The first-order valence-corrected chi connectivity index (χ1v) is 12.1. The zero-order valence-corrected chi connectivity index (χ0v) is 17.8. The van der Waals surface area contributed by atoms with E-state index >= 15 is 0 Å². The van der Waals surface area contributed by atoms with Gasteiger partial charge in [0.2, 0.25) is 0 Å². The molecule has 154 valence electrons. The zero-order chi connectivity index (χ0) is 19.0. The van der Waals surface area contributed by atoms with Gasteiger partial charge in [0.05, 0.1) is 6.10 Å². The molecule has 1 aromatic carbocycles. The van der Waals surface area contributed by atoms with Crippen LogP contribution >= 0.6 is 0 Å². The summed E-state index contributed by atoms with van der Waals surface area (Å²) in [6, 6.07) is 9.45. The molecule has 27 heavy (non-hydrogen) atoms. The second kappa shape index (κ2) is 15.1. The molecule has 0 saturated heterocycles. The Morgan fingerprint density at radius 1 is 0.444 bits per heavy atom. The third-order valence-corrected chi connectivity index (χ3v) is 6.28. The first-order chi connectivity index (χ1) is 13.3. The van der Waals surface area contributed by atoms with Gasteiger partial charge in [0.1, 0.15) is 0 Å². The molecule has 1 N–H and O–H groups in total. The van der Waals surface area contributed by atoms with Gasteiger partial charge in [-0.05, 0) is 49.7 Å². The molecule has 0 aliphatic heterocycles. The molecular weight excluding hydrogens is 328 g/mol. The Bertz CT molecular complexity index is 450. The number of hydrogen-bond donors (Lipinski definition) is 1. The lowest BCUT2D eigenvalue weighted by atomic mass is 9.99. The molecule has 1 heteroatoms. The molecule has 0 saturated carbocycles. The van der Waals surface area contributed by atoms with Crippen molar-refractivity contribution in [3.05, 3.63) is 35.4 Å². The molecule has 0 amide bonds. The van der Waals surface area contributed by atoms with Gasteiger partial charge >= 0.3 is 0 Å². The highest BCUT2D eigenvalue weighted by atomic mass is 16.3. The highest BCUT2D eigenvalue weighted by Crippen LogP contribution is 2.17. The standard InChI is InChI=1S/C26H44O/c27-26-18-14-10-6-2-1-4-8-12-16-24-20-22-25(23-21-24)17-13-9-5-3-7-11-15-19-26/h20-23,26-27H,1-19H2. The summed E-state index contributed by atoms with van der Waals surface area (Å²) >= 11 is 0. The maximum Gasteiger partial charge on any atom is 0.0540 e. The minimum Gasteiger partial charge on any atom is -0.393 e. The Kier molecular flexibility index (Phi) is 12.6. The van der Waals surface area contributed by atoms with Gasteiger partial charge < -0.3 is 5.11 Å². The molecule has 0 fully saturated rings. The van der Waals surface area contributed by atoms with E-state index in [-0.39, 0.29) is 6.10 Å². The van der Waals surface area contributed by atoms with E-state index in [1.807, 2.05) is 0 Å². The molecular formula is C26H44O. The monoisotopic (exact) mass is 372 g/mol. The highest BCUT2D eigenvalue weighted by Gasteiger charge is 2.04. The van der Waals surface area contributed by atoms with Crippen LogP contribution in [0.1, 0.15) is 120 Å². The summed E-state index contributed by atoms with van der Waals surface area (Å²) in [5, 5.41) is 10.1. The lowest BCUT2D eigenvalue weighted by molar-refractivity contribution is 0.147. The van der Waals surface area contributed by atoms with Crippen molar-refractivity contribution in [2.45, 2.75) is 128 Å². The Morgan fingerprint density at radius 2 is 0.741 bits per heavy atom. The predicted octanol–water partition coefficient (Wildman–Crippen LogP) is 7.78. The van der Waals surface area contributed by atoms with Crippen LogP contribution in [0.3, 0.4) is 0 Å². The Labute approximate surface area is 169 Å². The van der Waals surface area contributed by atoms with Crippen molar-refractivity contribution in [3.8, 4) is 0 Å². The number of aliphatic hydroxyl groups excluding tert-OH is 1. The number of aryl methyl sites for hydroxylation is 2. The average Bonchev–Trinajstić information content (AvgIpc) is 2.68. The SMILES string of the molecule is OC1CCCCCCCCCCc2ccc(cc2)CCCCCCCCC1. The lowest BCUT2D eigenvalue weighted by Crippen LogP contribution is -2.05. The van der Waals surface area contributed by atoms with Gasteiger partial charge in [0.15, 0.2) is 0 Å². The molecule has 2 aliphatic carbocycles. The zero-order valence-electron chi connectivity index (χ0n) is 17.8. The van der Waals surface area contributed by atoms with Crippen LogP contribution in [0.2, 0.25) is 0 Å². The maximum atomic E-state index is 10.1. The third-order valence-electron chi connectivity index (χ3n) is 6.28. The van der Waals surface area contributed by atoms with Gasteiger partial charge in [0, 0.05) is 0 Å². The van der Waals surface area contributed by atoms with Crippen molar-refractivity contribution < 1.29 is 5.11 Å². The first kappa shape index (κ1) is 22.5. The first-order valence-electron chi connectivity index (χ1n) is 12.1. The Morgan fingerprint density at radius 3 is 1.11 bits per heavy atom. The Balaban J connectivity index is 1.68. The fourth-order valence-corrected chi connectivity index (χ4v) is 4.38. The quantitative estimate of drug-likeness (QED) is 0.493. The van der Waals surface area contributed by atoms with E-state index in [9.17, 15) is 5.11 Å². The summed E-state index contributed by atoms with van der Waals surface area (Å²) in [7, 11) is 0. The van der Waals surface area contributed by atoms with Crippen molar-refractivity contribution in [2.24, 2.45) is 0 Å². The van der Waals surface area contributed by atoms with Crippen molar-refractivity contribution in [2.75, 3.05) is 0 Å². The molecule has 0 radical (unpaired) electrons. The van der Waals surface area contributed by atoms with Crippen LogP contribution in [-0.4, -0.2) is 11.2 Å². The van der Waals surface area contributed by atoms with E-state index in [4.69, 9.17) is 0 Å². The normalized spacial score (nSPS) is 23.5. The molecule has 1 unspecified atom stereocenters. The molecule has 1 nitrogen and oxygen atoms in total. The van der Waals surface area contributed by atoms with Gasteiger partial charge in [-0.3, -0.25) is 0 Å². The number of benzene rings is 1. The summed E-state index contributed by atoms with van der Waals surface area (Å²) < 4.78 is 0. The van der Waals surface area contributed by atoms with Gasteiger partial charge in [-0.15, -0.1) is 0 Å². The van der Waals surface area contributed by atoms with Crippen LogP contribution in [0.4, 0.5) is 0 Å². The Hall–Kier alpha value is -0.820. The van der Waals surface area contributed by atoms with E-state index < -0.39 is 0 Å². The maximum absolute atomic E-state index is 10.1. The lowest BCUT2D eigenvalue weighted by Gasteiger charge is -2.10. The van der Waals surface area contributed by atoms with Crippen molar-refractivity contribution in [1.29, 1.82) is 0 Å². The molecule has 0 aromatic heterocycles. The summed E-state index contributed by atoms with van der Waals surface area (Å²) in [4.78, 5) is 0. The molecule has 0 heterocycles. The van der Waals surface area contributed by atoms with E-state index in [1.165, 1.54) is 120 Å². The molecule has 3 rings (SSSR count). The van der Waals surface area contributed by atoms with Crippen LogP contribution < -0.4 is 0 Å². The number of hydrogen-bond acceptors (Lipinski definition) is 1. The van der Waals surface area contributed by atoms with E-state index in [0.29, 0.717) is 0 Å². The smallest absolute Gasteiger partial charge is 0.0540 e. The van der Waals surface area contributed by atoms with E-state index in [1.54, 1.807) is 0 Å². The van der Waals surface area contributed by atoms with Crippen molar-refractivity contribution in [3.63, 3.8) is 0 Å². The van der Waals surface area contributed by atoms with Gasteiger partial charge in [-0.2, -0.15) is 0 Å². The third kappa shape index (κ3) is 11.6. The molecule has 2 bridgehead atoms. The topological polar surface area (TPSA) is 20.2 Å². The average molecular weight is 373 g/mol. The summed E-state index contributed by atoms with van der Waals surface area (Å²) in [5.41, 5.74) is 3.04. The number of rotatable bonds is 0. The van der Waals surface area contributed by atoms with Crippen LogP contribution in [0.15, 0.2) is 24.3 Å². The molecule has 1 aromatic rings. The molecule has 0 spiro atoms. The van der Waals surface area contributed by atoms with Gasteiger partial charge in [0.25, 0.3) is 0 Å².